The van der Waals surface area contributed by atoms with Crippen LogP contribution in [0.15, 0.2) is 42.5 Å². The van der Waals surface area contributed by atoms with E-state index in [2.05, 4.69) is 4.98 Å². The highest BCUT2D eigenvalue weighted by Crippen LogP contribution is 2.24. The largest absolute Gasteiger partial charge is 0.295 e. The summed E-state index contributed by atoms with van der Waals surface area (Å²) in [6.07, 6.45) is 0. The first-order chi connectivity index (χ1) is 9.19. The van der Waals surface area contributed by atoms with E-state index >= 15 is 0 Å². The quantitative estimate of drug-likeness (QED) is 0.634. The van der Waals surface area contributed by atoms with Crippen molar-refractivity contribution in [1.82, 2.24) is 9.55 Å². The van der Waals surface area contributed by atoms with Gasteiger partial charge in [-0.1, -0.05) is 11.6 Å². The fourth-order valence-electron chi connectivity index (χ4n) is 2.07. The van der Waals surface area contributed by atoms with Gasteiger partial charge in [0.1, 0.15) is 11.6 Å². The number of aromatic nitrogens is 2. The molecule has 0 fully saturated rings. The van der Waals surface area contributed by atoms with Gasteiger partial charge in [-0.25, -0.2) is 9.37 Å². The van der Waals surface area contributed by atoms with Gasteiger partial charge in [-0.3, -0.25) is 4.57 Å². The molecule has 0 unspecified atom stereocenters. The molecular weight excluding hydrogens is 286 g/mol. The molecule has 0 amide bonds. The predicted octanol–water partition coefficient (Wildman–Crippen LogP) is 4.56. The Morgan fingerprint density at radius 1 is 1.11 bits per heavy atom. The average Bonchev–Trinajstić information content (AvgIpc) is 2.77. The van der Waals surface area contributed by atoms with E-state index in [1.165, 1.54) is 12.1 Å². The minimum absolute atomic E-state index is 0.249. The normalized spacial score (nSPS) is 11.1. The van der Waals surface area contributed by atoms with E-state index in [-0.39, 0.29) is 11.7 Å². The Labute approximate surface area is 119 Å². The summed E-state index contributed by atoms with van der Waals surface area (Å²) in [6.45, 7) is 0. The van der Waals surface area contributed by atoms with Gasteiger partial charge >= 0.3 is 0 Å². The van der Waals surface area contributed by atoms with Crippen LogP contribution >= 0.6 is 23.2 Å². The van der Waals surface area contributed by atoms with Crippen molar-refractivity contribution in [2.75, 3.05) is 0 Å². The topological polar surface area (TPSA) is 17.8 Å². The molecule has 0 atom stereocenters. The number of halogens is 3. The molecule has 1 heterocycles. The maximum atomic E-state index is 13.4. The predicted molar refractivity (Wildman–Crippen MR) is 75.6 cm³/mol. The molecule has 0 saturated carbocycles. The number of hydrogen-bond acceptors (Lipinski definition) is 1. The van der Waals surface area contributed by atoms with Gasteiger partial charge in [0.05, 0.1) is 16.9 Å². The van der Waals surface area contributed by atoms with Gasteiger partial charge in [-0.05, 0) is 36.4 Å². The third-order valence-electron chi connectivity index (χ3n) is 2.89. The molecule has 0 N–H and O–H groups in total. The second-order valence-electron chi connectivity index (χ2n) is 4.11. The zero-order chi connectivity index (χ0) is 13.4. The zero-order valence-electron chi connectivity index (χ0n) is 9.78. The molecule has 19 heavy (non-hydrogen) atoms. The van der Waals surface area contributed by atoms with Crippen LogP contribution in [0.25, 0.3) is 16.7 Å². The summed E-state index contributed by atoms with van der Waals surface area (Å²) in [7, 11) is 0. The average molecular weight is 295 g/mol. The first-order valence-corrected chi connectivity index (χ1v) is 6.59. The van der Waals surface area contributed by atoms with E-state index in [0.717, 1.165) is 5.69 Å². The zero-order valence-corrected chi connectivity index (χ0v) is 11.3. The molecule has 0 bridgehead atoms. The van der Waals surface area contributed by atoms with Crippen LogP contribution < -0.4 is 0 Å². The van der Waals surface area contributed by atoms with Crippen molar-refractivity contribution < 1.29 is 4.39 Å². The molecule has 0 aliphatic heterocycles. The second kappa shape index (κ2) is 4.83. The van der Waals surface area contributed by atoms with Crippen LogP contribution in [0.5, 0.6) is 0 Å². The van der Waals surface area contributed by atoms with Crippen LogP contribution in [0.4, 0.5) is 4.39 Å². The van der Waals surface area contributed by atoms with Gasteiger partial charge in [0.15, 0.2) is 0 Å². The Balaban J connectivity index is 2.31. The van der Waals surface area contributed by atoms with Crippen LogP contribution in [-0.2, 0) is 5.88 Å². The number of fused-ring (bicyclic) bond motifs is 1. The Morgan fingerprint density at radius 2 is 1.84 bits per heavy atom. The van der Waals surface area contributed by atoms with Gasteiger partial charge in [0, 0.05) is 16.8 Å². The van der Waals surface area contributed by atoms with Gasteiger partial charge in [-0.2, -0.15) is 0 Å². The lowest BCUT2D eigenvalue weighted by Gasteiger charge is -2.07. The summed E-state index contributed by atoms with van der Waals surface area (Å²) in [6, 6.07) is 11.7. The minimum atomic E-state index is -0.302. The molecule has 3 rings (SSSR count). The summed E-state index contributed by atoms with van der Waals surface area (Å²) >= 11 is 11.8. The highest BCUT2D eigenvalue weighted by molar-refractivity contribution is 6.30. The van der Waals surface area contributed by atoms with E-state index in [1.54, 1.807) is 18.2 Å². The molecule has 0 aliphatic rings. The standard InChI is InChI=1S/C14H9Cl2FN2/c15-8-14-18-12-6-3-10(17)7-13(12)19(14)11-4-1-9(16)2-5-11/h1-7H,8H2. The smallest absolute Gasteiger partial charge is 0.129 e. The summed E-state index contributed by atoms with van der Waals surface area (Å²) in [5.74, 6) is 0.618. The highest BCUT2D eigenvalue weighted by atomic mass is 35.5. The number of nitrogens with zero attached hydrogens (tertiary/aromatic N) is 2. The van der Waals surface area contributed by atoms with Crippen molar-refractivity contribution in [3.8, 4) is 5.69 Å². The van der Waals surface area contributed by atoms with Crippen molar-refractivity contribution in [2.45, 2.75) is 5.88 Å². The fraction of sp³-hybridized carbons (Fsp3) is 0.0714. The molecule has 0 radical (unpaired) electrons. The lowest BCUT2D eigenvalue weighted by atomic mass is 10.2. The number of imidazole rings is 1. The van der Waals surface area contributed by atoms with Crippen molar-refractivity contribution in [1.29, 1.82) is 0 Å². The first-order valence-electron chi connectivity index (χ1n) is 5.68. The molecular formula is C14H9Cl2FN2. The van der Waals surface area contributed by atoms with Crippen molar-refractivity contribution in [3.63, 3.8) is 0 Å². The van der Waals surface area contributed by atoms with Crippen LogP contribution in [0, 0.1) is 5.82 Å². The fourth-order valence-corrected chi connectivity index (χ4v) is 2.37. The number of alkyl halides is 1. The number of benzene rings is 2. The lowest BCUT2D eigenvalue weighted by Crippen LogP contribution is -1.99. The number of hydrogen-bond donors (Lipinski definition) is 0. The minimum Gasteiger partial charge on any atom is -0.295 e. The monoisotopic (exact) mass is 294 g/mol. The summed E-state index contributed by atoms with van der Waals surface area (Å²) in [5, 5.41) is 0.645. The van der Waals surface area contributed by atoms with Gasteiger partial charge in [0.25, 0.3) is 0 Å². The van der Waals surface area contributed by atoms with E-state index in [4.69, 9.17) is 23.2 Å². The van der Waals surface area contributed by atoms with Gasteiger partial charge < -0.3 is 0 Å². The molecule has 5 heteroatoms. The van der Waals surface area contributed by atoms with Crippen molar-refractivity contribution in [3.05, 3.63) is 59.1 Å². The maximum absolute atomic E-state index is 13.4. The lowest BCUT2D eigenvalue weighted by molar-refractivity contribution is 0.629. The third kappa shape index (κ3) is 2.20. The van der Waals surface area contributed by atoms with Crippen LogP contribution in [0.3, 0.4) is 0 Å². The van der Waals surface area contributed by atoms with E-state index in [9.17, 15) is 4.39 Å². The van der Waals surface area contributed by atoms with Crippen LogP contribution in [0.2, 0.25) is 5.02 Å². The molecule has 2 nitrogen and oxygen atoms in total. The number of rotatable bonds is 2. The molecule has 3 aromatic rings. The Morgan fingerprint density at radius 3 is 2.53 bits per heavy atom. The molecule has 0 spiro atoms. The van der Waals surface area contributed by atoms with Crippen molar-refractivity contribution in [2.24, 2.45) is 0 Å². The summed E-state index contributed by atoms with van der Waals surface area (Å²) in [5.41, 5.74) is 2.26. The SMILES string of the molecule is Fc1ccc2nc(CCl)n(-c3ccc(Cl)cc3)c2c1. The Bertz CT molecular complexity index is 735. The molecule has 1 aromatic heterocycles. The summed E-state index contributed by atoms with van der Waals surface area (Å²) in [4.78, 5) is 4.40. The van der Waals surface area contributed by atoms with E-state index in [0.29, 0.717) is 21.9 Å². The molecule has 0 saturated heterocycles. The van der Waals surface area contributed by atoms with Crippen molar-refractivity contribution >= 4 is 34.2 Å². The molecule has 0 aliphatic carbocycles. The van der Waals surface area contributed by atoms with Gasteiger partial charge in [0.2, 0.25) is 0 Å². The van der Waals surface area contributed by atoms with E-state index < -0.39 is 0 Å². The maximum Gasteiger partial charge on any atom is 0.129 e. The first kappa shape index (κ1) is 12.5. The van der Waals surface area contributed by atoms with Crippen LogP contribution in [-0.4, -0.2) is 9.55 Å². The van der Waals surface area contributed by atoms with Gasteiger partial charge in [-0.15, -0.1) is 11.6 Å². The van der Waals surface area contributed by atoms with Crippen LogP contribution in [0.1, 0.15) is 5.82 Å². The van der Waals surface area contributed by atoms with E-state index in [1.807, 2.05) is 16.7 Å². The summed E-state index contributed by atoms with van der Waals surface area (Å²) < 4.78 is 15.2. The molecule has 2 aromatic carbocycles. The highest BCUT2D eigenvalue weighted by Gasteiger charge is 2.12. The Kier molecular flexibility index (Phi) is 3.17. The second-order valence-corrected chi connectivity index (χ2v) is 4.81. The third-order valence-corrected chi connectivity index (χ3v) is 3.38. The Hall–Kier alpha value is -1.58. The molecule has 96 valence electrons.